The minimum atomic E-state index is -4.86. The molecule has 0 radical (unpaired) electrons. The van der Waals surface area contributed by atoms with Crippen LogP contribution in [0.5, 0.6) is 5.75 Å². The number of anilines is 1. The van der Waals surface area contributed by atoms with Crippen LogP contribution in [0.2, 0.25) is 0 Å². The number of hydrogen-bond acceptors (Lipinski definition) is 14. The van der Waals surface area contributed by atoms with E-state index in [2.05, 4.69) is 4.74 Å². The van der Waals surface area contributed by atoms with Crippen LogP contribution in [0.1, 0.15) is 69.9 Å². The van der Waals surface area contributed by atoms with Gasteiger partial charge in [-0.25, -0.2) is 34.0 Å². The van der Waals surface area contributed by atoms with Gasteiger partial charge in [0, 0.05) is 80.1 Å². The SMILES string of the molecule is COCC[N+]1=C(/C=C/C=C/C=C/C=C2/N(CCCCCC(=O)Oc3c(F)c(F)cc(F)c3F)c3ccc(S(=O)(=O)[O-])cc3C2(C)CCOC)C(C)(CCCS(=O)(=O)[O-])c2cc(S(=O)(=O)[O-])ccc21. The quantitative estimate of drug-likeness (QED) is 0.0138. The summed E-state index contributed by atoms with van der Waals surface area (Å²) in [6, 6.07) is 8.03. The summed E-state index contributed by atoms with van der Waals surface area (Å²) in [4.78, 5) is 13.4. The lowest BCUT2D eigenvalue weighted by molar-refractivity contribution is -0.441. The highest BCUT2D eigenvalue weighted by atomic mass is 32.2. The van der Waals surface area contributed by atoms with Crippen LogP contribution in [0.4, 0.5) is 28.9 Å². The third-order valence-corrected chi connectivity index (χ3v) is 14.3. The second-order valence-corrected chi connectivity index (χ2v) is 20.8. The van der Waals surface area contributed by atoms with Crippen LogP contribution in [-0.4, -0.2) is 101 Å². The van der Waals surface area contributed by atoms with E-state index in [0.29, 0.717) is 66.3 Å². The molecule has 0 spiro atoms. The van der Waals surface area contributed by atoms with Gasteiger partial charge in [0.25, 0.3) is 0 Å². The van der Waals surface area contributed by atoms with Gasteiger partial charge in [0.1, 0.15) is 26.8 Å². The molecule has 2 aliphatic rings. The molecule has 0 aliphatic carbocycles. The number of esters is 1. The number of rotatable bonds is 23. The molecule has 3 aromatic carbocycles. The molecule has 0 aromatic heterocycles. The summed E-state index contributed by atoms with van der Waals surface area (Å²) in [6.45, 7) is 4.74. The number of benzene rings is 3. The number of hydrogen-bond donors (Lipinski definition) is 0. The van der Waals surface area contributed by atoms with Crippen LogP contribution in [0.25, 0.3) is 0 Å². The van der Waals surface area contributed by atoms with Crippen molar-refractivity contribution in [2.24, 2.45) is 0 Å². The summed E-state index contributed by atoms with van der Waals surface area (Å²) in [5.74, 6) is -10.4. The number of ether oxygens (including phenoxy) is 3. The first-order valence-electron chi connectivity index (χ1n) is 21.2. The van der Waals surface area contributed by atoms with Crippen molar-refractivity contribution in [2.75, 3.05) is 51.2 Å². The van der Waals surface area contributed by atoms with E-state index in [1.54, 1.807) is 43.4 Å². The number of nitrogens with zero attached hydrogens (tertiary/aromatic N) is 2. The summed E-state index contributed by atoms with van der Waals surface area (Å²) >= 11 is 0. The van der Waals surface area contributed by atoms with Gasteiger partial charge in [0.15, 0.2) is 23.9 Å². The highest BCUT2D eigenvalue weighted by Crippen LogP contribution is 2.51. The van der Waals surface area contributed by atoms with Gasteiger partial charge < -0.3 is 32.8 Å². The fourth-order valence-electron chi connectivity index (χ4n) is 8.48. The Labute approximate surface area is 393 Å². The highest BCUT2D eigenvalue weighted by Gasteiger charge is 2.48. The second-order valence-electron chi connectivity index (χ2n) is 16.5. The molecule has 2 heterocycles. The number of allylic oxidation sites excluding steroid dienone is 8. The molecule has 0 saturated heterocycles. The molecular formula is C46H50F4N2O13S3-2. The average Bonchev–Trinajstić information content (AvgIpc) is 3.63. The molecule has 3 aromatic rings. The normalized spacial score (nSPS) is 19.3. The number of fused-ring (bicyclic) bond motifs is 2. The van der Waals surface area contributed by atoms with Gasteiger partial charge in [-0.3, -0.25) is 4.79 Å². The van der Waals surface area contributed by atoms with Crippen molar-refractivity contribution in [2.45, 2.75) is 79.4 Å². The molecule has 22 heteroatoms. The highest BCUT2D eigenvalue weighted by molar-refractivity contribution is 7.86. The Bertz CT molecular complexity index is 2880. The number of methoxy groups -OCH3 is 2. The maximum atomic E-state index is 14.1. The topological polar surface area (TPSA) is 223 Å². The van der Waals surface area contributed by atoms with Gasteiger partial charge in [0.05, 0.1) is 25.3 Å². The molecule has 0 fully saturated rings. The number of unbranched alkanes of at least 4 members (excludes halogenated alkanes) is 2. The van der Waals surface area contributed by atoms with Crippen molar-refractivity contribution in [3.05, 3.63) is 125 Å². The van der Waals surface area contributed by atoms with Crippen molar-refractivity contribution in [3.8, 4) is 5.75 Å². The van der Waals surface area contributed by atoms with E-state index < -0.39 is 91.7 Å². The molecule has 5 rings (SSSR count). The lowest BCUT2D eigenvalue weighted by Gasteiger charge is -2.30. The Morgan fingerprint density at radius 1 is 0.721 bits per heavy atom. The lowest BCUT2D eigenvalue weighted by atomic mass is 9.76. The summed E-state index contributed by atoms with van der Waals surface area (Å²) in [7, 11) is -11.3. The van der Waals surface area contributed by atoms with E-state index >= 15 is 0 Å². The van der Waals surface area contributed by atoms with E-state index in [9.17, 15) is 61.3 Å². The second kappa shape index (κ2) is 22.1. The Morgan fingerprint density at radius 3 is 1.94 bits per heavy atom. The number of carbonyl (C=O) groups excluding carboxylic acids is 1. The summed E-state index contributed by atoms with van der Waals surface area (Å²) < 4.78 is 180. The standard InChI is InChI=1S/C46H52F4N2O13S3/c1-45(21-13-27-66(54,55)56)33-28-31(67(57,58)59)18-20-38(33)52(24-26-64-4)39(45)14-9-6-5-7-10-15-40-46(2,22-25-63-3)34-29-32(68(60,61)62)17-19-37(34)51(40)23-12-8-11-16-41(53)65-44-42(49)35(47)30-36(48)43(44)50/h5-7,9-10,14-15,17-20,28-30H,8,11-13,16,21-27H2,1-4H3,(H2-,54,55,56,57,58,59,60,61,62)/p-2. The van der Waals surface area contributed by atoms with Crippen LogP contribution >= 0.6 is 0 Å². The number of carbonyl (C=O) groups is 1. The molecule has 2 atom stereocenters. The minimum absolute atomic E-state index is 0.00583. The summed E-state index contributed by atoms with van der Waals surface area (Å²) in [6.07, 6.45) is 13.1. The fraction of sp³-hybridized carbons (Fsp3) is 0.391. The van der Waals surface area contributed by atoms with Gasteiger partial charge in [-0.2, -0.15) is 13.4 Å². The largest absolute Gasteiger partial charge is 0.748 e. The van der Waals surface area contributed by atoms with Crippen LogP contribution < -0.4 is 9.64 Å². The zero-order valence-electron chi connectivity index (χ0n) is 37.5. The zero-order chi connectivity index (χ0) is 50.2. The van der Waals surface area contributed by atoms with Gasteiger partial charge in [-0.15, -0.1) is 0 Å². The third-order valence-electron chi connectivity index (χ3n) is 11.9. The maximum absolute atomic E-state index is 14.1. The summed E-state index contributed by atoms with van der Waals surface area (Å²) in [5, 5.41) is 0. The van der Waals surface area contributed by atoms with Crippen LogP contribution in [0.3, 0.4) is 0 Å². The fourth-order valence-corrected chi connectivity index (χ4v) is 9.97. The molecule has 68 heavy (non-hydrogen) atoms. The molecule has 0 N–H and O–H groups in total. The van der Waals surface area contributed by atoms with E-state index in [1.807, 2.05) is 22.5 Å². The summed E-state index contributed by atoms with van der Waals surface area (Å²) in [5.41, 5.74) is 1.58. The van der Waals surface area contributed by atoms with Crippen molar-refractivity contribution < 1.29 is 80.1 Å². The maximum Gasteiger partial charge on any atom is 0.311 e. The Morgan fingerprint density at radius 2 is 1.32 bits per heavy atom. The zero-order valence-corrected chi connectivity index (χ0v) is 40.0. The predicted molar refractivity (Wildman–Crippen MR) is 239 cm³/mol. The molecule has 2 aliphatic heterocycles. The molecular weight excluding hydrogens is 961 g/mol. The van der Waals surface area contributed by atoms with Gasteiger partial charge in [-0.05, 0) is 87.9 Å². The molecule has 370 valence electrons. The monoisotopic (exact) mass is 1010 g/mol. The van der Waals surface area contributed by atoms with Crippen molar-refractivity contribution in [1.82, 2.24) is 0 Å². The molecule has 15 nitrogen and oxygen atoms in total. The molecule has 0 saturated carbocycles. The molecule has 2 unspecified atom stereocenters. The van der Waals surface area contributed by atoms with E-state index in [1.165, 1.54) is 50.6 Å². The van der Waals surface area contributed by atoms with Crippen molar-refractivity contribution in [3.63, 3.8) is 0 Å². The third kappa shape index (κ3) is 12.6. The first-order chi connectivity index (χ1) is 31.9. The van der Waals surface area contributed by atoms with E-state index in [0.717, 1.165) is 0 Å². The first-order valence-corrected chi connectivity index (χ1v) is 25.6. The Hall–Kier alpha value is -5.07. The van der Waals surface area contributed by atoms with Crippen LogP contribution in [-0.2, 0) is 55.5 Å². The lowest BCUT2D eigenvalue weighted by Crippen LogP contribution is -2.32. The van der Waals surface area contributed by atoms with E-state index in [4.69, 9.17) is 9.47 Å². The van der Waals surface area contributed by atoms with E-state index in [-0.39, 0.29) is 45.0 Å². The van der Waals surface area contributed by atoms with Crippen LogP contribution in [0, 0.1) is 23.3 Å². The molecule has 0 bridgehead atoms. The first kappa shape index (κ1) is 53.9. The number of halogens is 4. The van der Waals surface area contributed by atoms with Gasteiger partial charge in [-0.1, -0.05) is 36.8 Å². The smallest absolute Gasteiger partial charge is 0.311 e. The average molecular weight is 1010 g/mol. The van der Waals surface area contributed by atoms with Crippen molar-refractivity contribution >= 4 is 53.4 Å². The van der Waals surface area contributed by atoms with Gasteiger partial charge >= 0.3 is 5.97 Å². The van der Waals surface area contributed by atoms with Crippen LogP contribution in [0.15, 0.2) is 100 Å². The van der Waals surface area contributed by atoms with Crippen molar-refractivity contribution in [1.29, 1.82) is 0 Å². The Kier molecular flexibility index (Phi) is 17.5. The predicted octanol–water partition coefficient (Wildman–Crippen LogP) is 6.91. The Balaban J connectivity index is 1.41. The van der Waals surface area contributed by atoms with Gasteiger partial charge in [0.2, 0.25) is 23.1 Å². The molecule has 0 amide bonds. The minimum Gasteiger partial charge on any atom is -0.748 e.